The molecule has 25 heavy (non-hydrogen) atoms. The maximum Gasteiger partial charge on any atom is 0.253 e. The van der Waals surface area contributed by atoms with E-state index in [0.717, 1.165) is 4.90 Å². The number of carbonyl (C=O) groups is 2. The third kappa shape index (κ3) is 3.68. The fourth-order valence-electron chi connectivity index (χ4n) is 2.41. The number of hydrazine groups is 1. The number of nitrogens with one attached hydrogen (secondary N) is 2. The molecular weight excluding hydrogens is 367 g/mol. The van der Waals surface area contributed by atoms with Crippen LogP contribution in [0.15, 0.2) is 36.5 Å². The zero-order valence-corrected chi connectivity index (χ0v) is 14.6. The van der Waals surface area contributed by atoms with Crippen LogP contribution in [0.5, 0.6) is 5.75 Å². The van der Waals surface area contributed by atoms with Crippen LogP contribution < -0.4 is 20.5 Å². The van der Waals surface area contributed by atoms with Crippen molar-refractivity contribution in [2.45, 2.75) is 12.5 Å². The summed E-state index contributed by atoms with van der Waals surface area (Å²) in [5.41, 5.74) is 6.02. The van der Waals surface area contributed by atoms with Crippen molar-refractivity contribution in [2.24, 2.45) is 0 Å². The van der Waals surface area contributed by atoms with E-state index >= 15 is 0 Å². The molecule has 2 heterocycles. The van der Waals surface area contributed by atoms with E-state index in [1.807, 2.05) is 0 Å². The van der Waals surface area contributed by atoms with Crippen LogP contribution in [0.4, 0.5) is 11.5 Å². The smallest absolute Gasteiger partial charge is 0.253 e. The van der Waals surface area contributed by atoms with Gasteiger partial charge in [0.1, 0.15) is 11.8 Å². The number of ether oxygens (including phenoxy) is 1. The summed E-state index contributed by atoms with van der Waals surface area (Å²) in [5.74, 6) is 0.286. The SMILES string of the molecule is COc1ccc(N2C(=O)C[C@@H](NNc3ncc(Cl)cc3Cl)C2=O)cc1. The Morgan fingerprint density at radius 1 is 1.24 bits per heavy atom. The van der Waals surface area contributed by atoms with E-state index in [0.29, 0.717) is 27.3 Å². The minimum absolute atomic E-state index is 0.0169. The molecule has 0 unspecified atom stereocenters. The van der Waals surface area contributed by atoms with Gasteiger partial charge in [0.2, 0.25) is 5.91 Å². The van der Waals surface area contributed by atoms with Crippen LogP contribution in [-0.4, -0.2) is 29.9 Å². The number of methoxy groups -OCH3 is 1. The van der Waals surface area contributed by atoms with Crippen LogP contribution in [0, 0.1) is 0 Å². The highest BCUT2D eigenvalue weighted by Gasteiger charge is 2.39. The molecule has 1 aliphatic rings. The first-order valence-corrected chi connectivity index (χ1v) is 8.08. The number of carbonyl (C=O) groups excluding carboxylic acids is 2. The molecule has 0 radical (unpaired) electrons. The van der Waals surface area contributed by atoms with E-state index in [1.54, 1.807) is 31.4 Å². The average Bonchev–Trinajstić information content (AvgIpc) is 2.88. The van der Waals surface area contributed by atoms with E-state index in [4.69, 9.17) is 27.9 Å². The molecule has 3 rings (SSSR count). The number of hydrogen-bond donors (Lipinski definition) is 2. The van der Waals surface area contributed by atoms with Gasteiger partial charge in [-0.15, -0.1) is 0 Å². The topological polar surface area (TPSA) is 83.6 Å². The van der Waals surface area contributed by atoms with Crippen LogP contribution in [-0.2, 0) is 9.59 Å². The number of rotatable bonds is 5. The predicted octanol–water partition coefficient (Wildman–Crippen LogP) is 2.65. The Labute approximate surface area is 153 Å². The van der Waals surface area contributed by atoms with Crippen molar-refractivity contribution in [3.8, 4) is 5.75 Å². The van der Waals surface area contributed by atoms with Crippen LogP contribution in [0.25, 0.3) is 0 Å². The molecule has 0 saturated carbocycles. The summed E-state index contributed by atoms with van der Waals surface area (Å²) >= 11 is 11.8. The first-order valence-electron chi connectivity index (χ1n) is 7.33. The second-order valence-corrected chi connectivity index (χ2v) is 6.12. The fourth-order valence-corrected chi connectivity index (χ4v) is 2.84. The van der Waals surface area contributed by atoms with Gasteiger partial charge in [0.15, 0.2) is 5.82 Å². The van der Waals surface area contributed by atoms with Gasteiger partial charge in [0, 0.05) is 6.20 Å². The first kappa shape index (κ1) is 17.5. The van der Waals surface area contributed by atoms with Crippen molar-refractivity contribution in [3.05, 3.63) is 46.6 Å². The monoisotopic (exact) mass is 380 g/mol. The molecule has 1 fully saturated rings. The quantitative estimate of drug-likeness (QED) is 0.612. The summed E-state index contributed by atoms with van der Waals surface area (Å²) in [6, 6.07) is 7.47. The van der Waals surface area contributed by atoms with Crippen LogP contribution in [0.1, 0.15) is 6.42 Å². The van der Waals surface area contributed by atoms with Gasteiger partial charge in [0.25, 0.3) is 5.91 Å². The highest BCUT2D eigenvalue weighted by Crippen LogP contribution is 2.26. The Balaban J connectivity index is 1.70. The molecular formula is C16H14Cl2N4O3. The molecule has 1 aromatic heterocycles. The van der Waals surface area contributed by atoms with Gasteiger partial charge in [-0.2, -0.15) is 0 Å². The lowest BCUT2D eigenvalue weighted by Crippen LogP contribution is -2.41. The van der Waals surface area contributed by atoms with E-state index in [-0.39, 0.29) is 18.2 Å². The number of hydrogen-bond acceptors (Lipinski definition) is 6. The van der Waals surface area contributed by atoms with Crippen LogP contribution >= 0.6 is 23.2 Å². The van der Waals surface area contributed by atoms with Crippen molar-refractivity contribution in [3.63, 3.8) is 0 Å². The molecule has 0 bridgehead atoms. The Hall–Kier alpha value is -2.35. The molecule has 9 heteroatoms. The summed E-state index contributed by atoms with van der Waals surface area (Å²) in [6.45, 7) is 0. The van der Waals surface area contributed by atoms with Crippen molar-refractivity contribution in [2.75, 3.05) is 17.4 Å². The molecule has 7 nitrogen and oxygen atoms in total. The summed E-state index contributed by atoms with van der Waals surface area (Å²) in [5, 5.41) is 0.692. The van der Waals surface area contributed by atoms with Gasteiger partial charge in [-0.3, -0.25) is 9.59 Å². The van der Waals surface area contributed by atoms with Crippen molar-refractivity contribution in [1.29, 1.82) is 0 Å². The van der Waals surface area contributed by atoms with Crippen molar-refractivity contribution in [1.82, 2.24) is 10.4 Å². The Morgan fingerprint density at radius 3 is 2.60 bits per heavy atom. The van der Waals surface area contributed by atoms with Gasteiger partial charge < -0.3 is 10.2 Å². The van der Waals surface area contributed by atoms with Gasteiger partial charge in [-0.1, -0.05) is 23.2 Å². The highest BCUT2D eigenvalue weighted by atomic mass is 35.5. The number of nitrogens with zero attached hydrogens (tertiary/aromatic N) is 2. The maximum absolute atomic E-state index is 12.5. The minimum Gasteiger partial charge on any atom is -0.497 e. The van der Waals surface area contributed by atoms with E-state index in [9.17, 15) is 9.59 Å². The zero-order chi connectivity index (χ0) is 18.0. The summed E-state index contributed by atoms with van der Waals surface area (Å²) in [7, 11) is 1.54. The lowest BCUT2D eigenvalue weighted by Gasteiger charge is -2.16. The molecule has 1 saturated heterocycles. The van der Waals surface area contributed by atoms with Gasteiger partial charge in [0.05, 0.1) is 29.3 Å². The predicted molar refractivity (Wildman–Crippen MR) is 94.9 cm³/mol. The number of imide groups is 1. The Kier molecular flexibility index (Phi) is 5.08. The van der Waals surface area contributed by atoms with Crippen LogP contribution in [0.2, 0.25) is 10.0 Å². The number of halogens is 2. The molecule has 2 N–H and O–H groups in total. The normalized spacial score (nSPS) is 17.1. The number of anilines is 2. The minimum atomic E-state index is -0.733. The summed E-state index contributed by atoms with van der Waals surface area (Å²) < 4.78 is 5.07. The average molecular weight is 381 g/mol. The lowest BCUT2D eigenvalue weighted by molar-refractivity contribution is -0.121. The number of amides is 2. The third-order valence-corrected chi connectivity index (χ3v) is 4.14. The molecule has 2 amide bonds. The summed E-state index contributed by atoms with van der Waals surface area (Å²) in [6.07, 6.45) is 1.44. The first-order chi connectivity index (χ1) is 12.0. The highest BCUT2D eigenvalue weighted by molar-refractivity contribution is 6.36. The molecule has 130 valence electrons. The van der Waals surface area contributed by atoms with Crippen molar-refractivity contribution >= 4 is 46.5 Å². The standard InChI is InChI=1S/C16H14Cl2N4O3/c1-25-11-4-2-10(3-5-11)22-14(23)7-13(16(22)24)20-21-15-12(18)6-9(17)8-19-15/h2-6,8,13,20H,7H2,1H3,(H,19,21)/t13-/m1/s1. The maximum atomic E-state index is 12.5. The third-order valence-electron chi connectivity index (χ3n) is 3.65. The number of benzene rings is 1. The van der Waals surface area contributed by atoms with E-state index < -0.39 is 6.04 Å². The van der Waals surface area contributed by atoms with E-state index in [2.05, 4.69) is 15.8 Å². The van der Waals surface area contributed by atoms with E-state index in [1.165, 1.54) is 12.3 Å². The second-order valence-electron chi connectivity index (χ2n) is 5.28. The van der Waals surface area contributed by atoms with Gasteiger partial charge >= 0.3 is 0 Å². The Morgan fingerprint density at radius 2 is 1.96 bits per heavy atom. The molecule has 1 aliphatic heterocycles. The van der Waals surface area contributed by atoms with Gasteiger partial charge in [-0.05, 0) is 30.3 Å². The van der Waals surface area contributed by atoms with Gasteiger partial charge in [-0.25, -0.2) is 15.3 Å². The molecule has 1 atom stereocenters. The zero-order valence-electron chi connectivity index (χ0n) is 13.1. The molecule has 2 aromatic rings. The number of aromatic nitrogens is 1. The summed E-state index contributed by atoms with van der Waals surface area (Å²) in [4.78, 5) is 29.9. The largest absolute Gasteiger partial charge is 0.497 e. The Bertz CT molecular complexity index is 814. The second kappa shape index (κ2) is 7.26. The molecule has 0 spiro atoms. The fraction of sp³-hybridized carbons (Fsp3) is 0.188. The molecule has 1 aromatic carbocycles. The van der Waals surface area contributed by atoms with Crippen molar-refractivity contribution < 1.29 is 14.3 Å². The molecule has 0 aliphatic carbocycles. The number of pyridine rings is 1. The lowest BCUT2D eigenvalue weighted by atomic mass is 10.2. The van der Waals surface area contributed by atoms with Crippen LogP contribution in [0.3, 0.4) is 0 Å².